The second-order valence-corrected chi connectivity index (χ2v) is 5.70. The predicted octanol–water partition coefficient (Wildman–Crippen LogP) is 3.62. The Morgan fingerprint density at radius 3 is 3.05 bits per heavy atom. The van der Waals surface area contributed by atoms with Crippen LogP contribution in [0.15, 0.2) is 11.6 Å². The topological polar surface area (TPSA) is 35.5 Å². The van der Waals surface area contributed by atoms with Gasteiger partial charge in [0.2, 0.25) is 0 Å². The van der Waals surface area contributed by atoms with Crippen molar-refractivity contribution in [3.8, 4) is 0 Å². The second kappa shape index (κ2) is 7.09. The van der Waals surface area contributed by atoms with E-state index >= 15 is 0 Å². The summed E-state index contributed by atoms with van der Waals surface area (Å²) in [7, 11) is 1.44. The fourth-order valence-corrected chi connectivity index (χ4v) is 3.32. The Bertz CT molecular complexity index is 335. The van der Waals surface area contributed by atoms with Gasteiger partial charge in [-0.2, -0.15) is 0 Å². The maximum absolute atomic E-state index is 11.7. The molecule has 0 unspecified atom stereocenters. The van der Waals surface area contributed by atoms with E-state index in [2.05, 4.69) is 13.0 Å². The Hall–Kier alpha value is -0.830. The summed E-state index contributed by atoms with van der Waals surface area (Å²) in [5.41, 5.74) is 1.44. The largest absolute Gasteiger partial charge is 0.467 e. The van der Waals surface area contributed by atoms with Gasteiger partial charge in [0.05, 0.1) is 13.2 Å². The highest BCUT2D eigenvalue weighted by atomic mass is 16.6. The van der Waals surface area contributed by atoms with Crippen molar-refractivity contribution in [2.75, 3.05) is 7.11 Å². The van der Waals surface area contributed by atoms with Gasteiger partial charge in [0.25, 0.3) is 0 Å². The van der Waals surface area contributed by atoms with Crippen LogP contribution in [0.3, 0.4) is 0 Å². The van der Waals surface area contributed by atoms with Gasteiger partial charge in [-0.25, -0.2) is 4.79 Å². The molecule has 1 saturated heterocycles. The average Bonchev–Trinajstić information content (AvgIpc) is 2.46. The number of ether oxygens (including phenoxy) is 2. The lowest BCUT2D eigenvalue weighted by atomic mass is 9.77. The number of allylic oxidation sites excluding steroid dienone is 1. The fraction of sp³-hybridized carbons (Fsp3) is 0.812. The Labute approximate surface area is 116 Å². The molecule has 2 rings (SSSR count). The molecule has 1 fully saturated rings. The predicted molar refractivity (Wildman–Crippen MR) is 74.9 cm³/mol. The molecule has 0 saturated carbocycles. The molecule has 3 heteroatoms. The van der Waals surface area contributed by atoms with Crippen molar-refractivity contribution in [1.29, 1.82) is 0 Å². The summed E-state index contributed by atoms with van der Waals surface area (Å²) in [5, 5.41) is 0. The summed E-state index contributed by atoms with van der Waals surface area (Å²) in [6.07, 6.45) is 11.3. The molecular formula is C16H26O3. The standard InChI is InChI=1S/C16H26O3/c1-3-4-5-10-14-13-9-7-6-8-12(13)11-15(19-14)16(17)18-2/h8,13-15H,3-7,9-11H2,1-2H3/t13-,14+,15+/m0/s1. The third-order valence-corrected chi connectivity index (χ3v) is 4.37. The van der Waals surface area contributed by atoms with Crippen LogP contribution in [0.2, 0.25) is 0 Å². The monoisotopic (exact) mass is 266 g/mol. The lowest BCUT2D eigenvalue weighted by Crippen LogP contribution is -2.41. The zero-order valence-electron chi connectivity index (χ0n) is 12.2. The molecule has 2 aliphatic rings. The third-order valence-electron chi connectivity index (χ3n) is 4.37. The van der Waals surface area contributed by atoms with Gasteiger partial charge < -0.3 is 9.47 Å². The average molecular weight is 266 g/mol. The van der Waals surface area contributed by atoms with E-state index in [1.807, 2.05) is 0 Å². The highest BCUT2D eigenvalue weighted by molar-refractivity contribution is 5.75. The van der Waals surface area contributed by atoms with E-state index in [0.29, 0.717) is 5.92 Å². The summed E-state index contributed by atoms with van der Waals surface area (Å²) < 4.78 is 10.9. The first-order chi connectivity index (χ1) is 9.26. The normalized spacial score (nSPS) is 30.4. The number of methoxy groups -OCH3 is 1. The Morgan fingerprint density at radius 1 is 1.47 bits per heavy atom. The van der Waals surface area contributed by atoms with Crippen LogP contribution in [0.1, 0.15) is 58.3 Å². The molecule has 3 nitrogen and oxygen atoms in total. The zero-order valence-corrected chi connectivity index (χ0v) is 12.2. The molecule has 1 aliphatic carbocycles. The van der Waals surface area contributed by atoms with Crippen molar-refractivity contribution in [1.82, 2.24) is 0 Å². The van der Waals surface area contributed by atoms with E-state index in [1.54, 1.807) is 0 Å². The summed E-state index contributed by atoms with van der Waals surface area (Å²) in [6, 6.07) is 0. The molecule has 0 aromatic rings. The second-order valence-electron chi connectivity index (χ2n) is 5.70. The van der Waals surface area contributed by atoms with Crippen molar-refractivity contribution < 1.29 is 14.3 Å². The minimum atomic E-state index is -0.378. The number of hydrogen-bond acceptors (Lipinski definition) is 3. The summed E-state index contributed by atoms with van der Waals surface area (Å²) in [5.74, 6) is 0.330. The van der Waals surface area contributed by atoms with Crippen molar-refractivity contribution >= 4 is 5.97 Å². The van der Waals surface area contributed by atoms with Gasteiger partial charge in [0, 0.05) is 12.3 Å². The van der Waals surface area contributed by atoms with Crippen molar-refractivity contribution in [2.24, 2.45) is 5.92 Å². The van der Waals surface area contributed by atoms with E-state index in [0.717, 1.165) is 19.3 Å². The quantitative estimate of drug-likeness (QED) is 0.433. The van der Waals surface area contributed by atoms with Crippen molar-refractivity contribution in [2.45, 2.75) is 70.5 Å². The molecular weight excluding hydrogens is 240 g/mol. The SMILES string of the molecule is CCCCC[C@H]1O[C@@H](C(=O)OC)CC2=CCCC[C@@H]21. The molecule has 108 valence electrons. The van der Waals surface area contributed by atoms with E-state index in [9.17, 15) is 4.79 Å². The van der Waals surface area contributed by atoms with Crippen LogP contribution in [0.4, 0.5) is 0 Å². The lowest BCUT2D eigenvalue weighted by molar-refractivity contribution is -0.164. The van der Waals surface area contributed by atoms with Crippen molar-refractivity contribution in [3.05, 3.63) is 11.6 Å². The molecule has 1 aliphatic heterocycles. The molecule has 0 bridgehead atoms. The number of unbranched alkanes of at least 4 members (excludes halogenated alkanes) is 2. The molecule has 0 radical (unpaired) electrons. The zero-order chi connectivity index (χ0) is 13.7. The van der Waals surface area contributed by atoms with Crippen LogP contribution in [0.25, 0.3) is 0 Å². The van der Waals surface area contributed by atoms with E-state index in [-0.39, 0.29) is 18.2 Å². The molecule has 3 atom stereocenters. The van der Waals surface area contributed by atoms with Crippen LogP contribution in [-0.4, -0.2) is 25.3 Å². The smallest absolute Gasteiger partial charge is 0.335 e. The molecule has 0 aromatic heterocycles. The number of carbonyl (C=O) groups is 1. The van der Waals surface area contributed by atoms with Gasteiger partial charge in [-0.3, -0.25) is 0 Å². The first-order valence-electron chi connectivity index (χ1n) is 7.68. The van der Waals surface area contributed by atoms with Crippen LogP contribution in [-0.2, 0) is 14.3 Å². The highest BCUT2D eigenvalue weighted by Crippen LogP contribution is 2.39. The molecule has 0 spiro atoms. The van der Waals surface area contributed by atoms with Gasteiger partial charge >= 0.3 is 5.97 Å². The molecule has 0 amide bonds. The lowest BCUT2D eigenvalue weighted by Gasteiger charge is -2.39. The van der Waals surface area contributed by atoms with Gasteiger partial charge in [-0.15, -0.1) is 0 Å². The molecule has 0 N–H and O–H groups in total. The molecule has 1 heterocycles. The van der Waals surface area contributed by atoms with Gasteiger partial charge in [-0.1, -0.05) is 37.8 Å². The fourth-order valence-electron chi connectivity index (χ4n) is 3.32. The van der Waals surface area contributed by atoms with Crippen LogP contribution in [0, 0.1) is 5.92 Å². The van der Waals surface area contributed by atoms with Crippen LogP contribution < -0.4 is 0 Å². The Balaban J connectivity index is 2.03. The minimum absolute atomic E-state index is 0.217. The Kier molecular flexibility index (Phi) is 5.44. The molecule has 0 aromatic carbocycles. The van der Waals surface area contributed by atoms with Crippen LogP contribution >= 0.6 is 0 Å². The van der Waals surface area contributed by atoms with E-state index in [1.165, 1.54) is 44.8 Å². The van der Waals surface area contributed by atoms with Crippen LogP contribution in [0.5, 0.6) is 0 Å². The maximum Gasteiger partial charge on any atom is 0.335 e. The van der Waals surface area contributed by atoms with Gasteiger partial charge in [-0.05, 0) is 25.7 Å². The summed E-state index contributed by atoms with van der Waals surface area (Å²) >= 11 is 0. The highest BCUT2D eigenvalue weighted by Gasteiger charge is 2.38. The number of esters is 1. The number of fused-ring (bicyclic) bond motifs is 1. The van der Waals surface area contributed by atoms with Gasteiger partial charge in [0.1, 0.15) is 0 Å². The minimum Gasteiger partial charge on any atom is -0.467 e. The first kappa shape index (κ1) is 14.6. The van der Waals surface area contributed by atoms with E-state index in [4.69, 9.17) is 9.47 Å². The third kappa shape index (κ3) is 3.59. The maximum atomic E-state index is 11.7. The number of hydrogen-bond donors (Lipinski definition) is 0. The number of carbonyl (C=O) groups excluding carboxylic acids is 1. The van der Waals surface area contributed by atoms with E-state index < -0.39 is 0 Å². The summed E-state index contributed by atoms with van der Waals surface area (Å²) in [6.45, 7) is 2.21. The first-order valence-corrected chi connectivity index (χ1v) is 7.68. The molecule has 19 heavy (non-hydrogen) atoms. The van der Waals surface area contributed by atoms with Gasteiger partial charge in [0.15, 0.2) is 6.10 Å². The Morgan fingerprint density at radius 2 is 2.32 bits per heavy atom. The summed E-state index contributed by atoms with van der Waals surface area (Å²) in [4.78, 5) is 11.7. The number of rotatable bonds is 5. The van der Waals surface area contributed by atoms with Crippen molar-refractivity contribution in [3.63, 3.8) is 0 Å².